The Labute approximate surface area is 352 Å². The van der Waals surface area contributed by atoms with Crippen LogP contribution in [0.1, 0.15) is 65.5 Å². The molecule has 17 heteroatoms. The van der Waals surface area contributed by atoms with Crippen LogP contribution in [-0.2, 0) is 74.2 Å². The Balaban J connectivity index is 0.000000157. The van der Waals surface area contributed by atoms with Gasteiger partial charge in [0.2, 0.25) is 11.8 Å². The second kappa shape index (κ2) is 16.0. The Kier molecular flexibility index (Phi) is 10.4. The molecule has 1 aliphatic carbocycles. The van der Waals surface area contributed by atoms with Crippen LogP contribution < -0.4 is 10.6 Å². The standard InChI is InChI=1S/C22H22FN7O2.C22H26N6O/c1-13(31)29-6-5-20-18(10-29)22(27-30(20)15-11-32-12-15)26-19-4-3-16(17(7-24)21(19)23)14-8-25-28(2)9-14;1-14(29)28-8-7-21-20(13-28)22(25-27(21)3)24-17-9-15-5-4-6-18(15)19(10-17)16-11-23-26(2)12-16/h3-4,8-9,15H,5-6,10-12H2,1-2H3,(H,26,27);9-12H,4-8,13H2,1-3H3,(H,24,25). The number of benzene rings is 2. The molecule has 0 saturated carbocycles. The highest BCUT2D eigenvalue weighted by Gasteiger charge is 2.32. The fourth-order valence-corrected chi connectivity index (χ4v) is 8.89. The summed E-state index contributed by atoms with van der Waals surface area (Å²) in [6, 6.07) is 9.89. The van der Waals surface area contributed by atoms with Crippen molar-refractivity contribution >= 4 is 34.8 Å². The van der Waals surface area contributed by atoms with Crippen LogP contribution in [0.3, 0.4) is 0 Å². The number of ether oxygens (including phenoxy) is 1. The van der Waals surface area contributed by atoms with Gasteiger partial charge in [0.15, 0.2) is 17.5 Å². The highest BCUT2D eigenvalue weighted by molar-refractivity contribution is 5.78. The molecule has 314 valence electrons. The van der Waals surface area contributed by atoms with Gasteiger partial charge in [-0.05, 0) is 54.2 Å². The number of hydrogen-bond acceptors (Lipinski definition) is 10. The number of nitriles is 1. The second-order valence-electron chi connectivity index (χ2n) is 16.2. The minimum atomic E-state index is -0.650. The molecule has 0 radical (unpaired) electrons. The Morgan fingerprint density at radius 2 is 1.44 bits per heavy atom. The van der Waals surface area contributed by atoms with Crippen molar-refractivity contribution in [3.05, 3.63) is 94.1 Å². The molecule has 2 amide bonds. The average Bonchev–Trinajstić information content (AvgIpc) is 4.08. The summed E-state index contributed by atoms with van der Waals surface area (Å²) in [5.74, 6) is 0.795. The molecule has 0 atom stereocenters. The number of aromatic nitrogens is 8. The fraction of sp³-hybridized carbons (Fsp3) is 0.386. The van der Waals surface area contributed by atoms with Gasteiger partial charge in [0.05, 0.1) is 56.0 Å². The summed E-state index contributed by atoms with van der Waals surface area (Å²) >= 11 is 0. The maximum Gasteiger partial charge on any atom is 0.219 e. The van der Waals surface area contributed by atoms with Gasteiger partial charge in [-0.2, -0.15) is 25.7 Å². The third kappa shape index (κ3) is 7.52. The smallest absolute Gasteiger partial charge is 0.219 e. The maximum atomic E-state index is 15.4. The molecule has 61 heavy (non-hydrogen) atoms. The molecule has 3 aliphatic heterocycles. The van der Waals surface area contributed by atoms with Gasteiger partial charge < -0.3 is 25.2 Å². The van der Waals surface area contributed by atoms with Crippen LogP contribution in [0.25, 0.3) is 22.3 Å². The van der Waals surface area contributed by atoms with Crippen molar-refractivity contribution in [3.63, 3.8) is 0 Å². The molecule has 7 heterocycles. The quantitative estimate of drug-likeness (QED) is 0.211. The normalized spacial score (nSPS) is 15.6. The van der Waals surface area contributed by atoms with Crippen molar-refractivity contribution in [1.82, 2.24) is 48.9 Å². The van der Waals surface area contributed by atoms with Crippen molar-refractivity contribution in [2.75, 3.05) is 36.9 Å². The highest BCUT2D eigenvalue weighted by Crippen LogP contribution is 2.38. The molecule has 2 N–H and O–H groups in total. The molecule has 6 aromatic rings. The van der Waals surface area contributed by atoms with Gasteiger partial charge in [0.25, 0.3) is 0 Å². The first-order valence-electron chi connectivity index (χ1n) is 20.6. The van der Waals surface area contributed by atoms with E-state index < -0.39 is 5.82 Å². The lowest BCUT2D eigenvalue weighted by atomic mass is 9.98. The van der Waals surface area contributed by atoms with Crippen molar-refractivity contribution in [2.45, 2.75) is 65.1 Å². The molecule has 4 aliphatic rings. The van der Waals surface area contributed by atoms with E-state index in [0.29, 0.717) is 56.2 Å². The molecular formula is C44H48FN13O3. The van der Waals surface area contributed by atoms with E-state index >= 15 is 4.39 Å². The Hall–Kier alpha value is -6.80. The number of nitrogens with zero attached hydrogens (tertiary/aromatic N) is 11. The van der Waals surface area contributed by atoms with Gasteiger partial charge in [-0.15, -0.1) is 0 Å². The van der Waals surface area contributed by atoms with E-state index in [9.17, 15) is 14.9 Å². The van der Waals surface area contributed by atoms with Crippen molar-refractivity contribution in [2.24, 2.45) is 21.1 Å². The number of rotatable bonds is 7. The largest absolute Gasteiger partial charge is 0.377 e. The van der Waals surface area contributed by atoms with Crippen molar-refractivity contribution in [3.8, 4) is 28.3 Å². The molecular weight excluding hydrogens is 778 g/mol. The predicted octanol–water partition coefficient (Wildman–Crippen LogP) is 5.47. The van der Waals surface area contributed by atoms with Gasteiger partial charge >= 0.3 is 0 Å². The number of halogens is 1. The molecule has 16 nitrogen and oxygen atoms in total. The molecule has 0 unspecified atom stereocenters. The molecule has 1 fully saturated rings. The lowest BCUT2D eigenvalue weighted by Gasteiger charge is -2.31. The van der Waals surface area contributed by atoms with E-state index in [1.807, 2.05) is 45.3 Å². The van der Waals surface area contributed by atoms with Gasteiger partial charge in [-0.1, -0.05) is 6.07 Å². The van der Waals surface area contributed by atoms with Gasteiger partial charge in [-0.25, -0.2) is 4.39 Å². The fourth-order valence-electron chi connectivity index (χ4n) is 8.89. The van der Waals surface area contributed by atoms with Crippen molar-refractivity contribution in [1.29, 1.82) is 5.26 Å². The van der Waals surface area contributed by atoms with E-state index in [1.54, 1.807) is 48.1 Å². The summed E-state index contributed by atoms with van der Waals surface area (Å²) in [6.07, 6.45) is 12.3. The third-order valence-electron chi connectivity index (χ3n) is 12.2. The summed E-state index contributed by atoms with van der Waals surface area (Å²) in [5, 5.41) is 34.2. The number of hydrogen-bond donors (Lipinski definition) is 2. The van der Waals surface area contributed by atoms with Crippen LogP contribution in [0.15, 0.2) is 49.1 Å². The lowest BCUT2D eigenvalue weighted by Crippen LogP contribution is -2.37. The van der Waals surface area contributed by atoms with Crippen LogP contribution >= 0.6 is 0 Å². The van der Waals surface area contributed by atoms with E-state index in [4.69, 9.17) is 14.9 Å². The van der Waals surface area contributed by atoms with Crippen molar-refractivity contribution < 1.29 is 18.7 Å². The maximum absolute atomic E-state index is 15.4. The summed E-state index contributed by atoms with van der Waals surface area (Å²) in [7, 11) is 5.70. The van der Waals surface area contributed by atoms with E-state index in [1.165, 1.54) is 35.7 Å². The zero-order chi connectivity index (χ0) is 42.5. The number of anilines is 4. The molecule has 0 bridgehead atoms. The second-order valence-corrected chi connectivity index (χ2v) is 16.2. The molecule has 1 saturated heterocycles. The predicted molar refractivity (Wildman–Crippen MR) is 225 cm³/mol. The zero-order valence-electron chi connectivity index (χ0n) is 35.0. The number of carbonyl (C=O) groups excluding carboxylic acids is 2. The number of fused-ring (bicyclic) bond motifs is 3. The summed E-state index contributed by atoms with van der Waals surface area (Å²) in [5.41, 5.74) is 11.8. The van der Waals surface area contributed by atoms with Gasteiger partial charge in [-0.3, -0.25) is 28.3 Å². The number of amides is 2. The molecule has 2 aromatic carbocycles. The minimum Gasteiger partial charge on any atom is -0.377 e. The topological polar surface area (TPSA) is 169 Å². The number of nitrogens with one attached hydrogen (secondary N) is 2. The monoisotopic (exact) mass is 825 g/mol. The van der Waals surface area contributed by atoms with Crippen LogP contribution in [0.2, 0.25) is 0 Å². The first kappa shape index (κ1) is 39.6. The third-order valence-corrected chi connectivity index (χ3v) is 12.2. The van der Waals surface area contributed by atoms with E-state index in [2.05, 4.69) is 39.2 Å². The zero-order valence-corrected chi connectivity index (χ0v) is 35.0. The van der Waals surface area contributed by atoms with Gasteiger partial charge in [0.1, 0.15) is 6.07 Å². The number of aryl methyl sites for hydroxylation is 4. The average molecular weight is 826 g/mol. The Morgan fingerprint density at radius 3 is 2.05 bits per heavy atom. The summed E-state index contributed by atoms with van der Waals surface area (Å²) < 4.78 is 28.0. The number of carbonyl (C=O) groups is 2. The van der Waals surface area contributed by atoms with E-state index in [0.717, 1.165) is 59.7 Å². The lowest BCUT2D eigenvalue weighted by molar-refractivity contribution is -0.130. The van der Waals surface area contributed by atoms with Crippen LogP contribution in [-0.4, -0.2) is 87.0 Å². The first-order valence-corrected chi connectivity index (χ1v) is 20.6. The molecule has 0 spiro atoms. The van der Waals surface area contributed by atoms with Gasteiger partial charge in [0, 0.05) is 118 Å². The van der Waals surface area contributed by atoms with Crippen LogP contribution in [0.5, 0.6) is 0 Å². The summed E-state index contributed by atoms with van der Waals surface area (Å²) in [6.45, 7) is 6.72. The minimum absolute atomic E-state index is 0.0138. The summed E-state index contributed by atoms with van der Waals surface area (Å²) in [4.78, 5) is 27.5. The molecule has 4 aromatic heterocycles. The SMILES string of the molecule is CC(=O)N1CCc2c(c(Nc3cc4c(c(-c5cnn(C)c5)c3)CCC4)nn2C)C1.CC(=O)N1CCc2c(c(Nc3ccc(-c4cnn(C)c4)c(C#N)c3F)nn2C2COC2)C1. The molecule has 10 rings (SSSR count). The van der Waals surface area contributed by atoms with Crippen LogP contribution in [0.4, 0.5) is 27.4 Å². The van der Waals surface area contributed by atoms with E-state index in [-0.39, 0.29) is 29.1 Å². The van der Waals surface area contributed by atoms with Crippen LogP contribution in [0, 0.1) is 17.1 Å². The Bertz CT molecular complexity index is 2730. The highest BCUT2D eigenvalue weighted by atomic mass is 19.1. The first-order chi connectivity index (χ1) is 29.4. The Morgan fingerprint density at radius 1 is 0.803 bits per heavy atom.